The van der Waals surface area contributed by atoms with E-state index in [-0.39, 0.29) is 19.1 Å². The highest BCUT2D eigenvalue weighted by Crippen LogP contribution is 2.45. The number of nitrogens with zero attached hydrogens (tertiary/aromatic N) is 2. The molecule has 0 bridgehead atoms. The molecule has 1 unspecified atom stereocenters. The molecule has 6 rings (SSSR count). The van der Waals surface area contributed by atoms with Gasteiger partial charge in [0.2, 0.25) is 0 Å². The Morgan fingerprint density at radius 1 is 1.00 bits per heavy atom. The molecule has 0 radical (unpaired) electrons. The Bertz CT molecular complexity index is 1040. The summed E-state index contributed by atoms with van der Waals surface area (Å²) in [5.41, 5.74) is 3.69. The number of rotatable bonds is 4. The van der Waals surface area contributed by atoms with Gasteiger partial charge in [0.25, 0.3) is 0 Å². The first kappa shape index (κ1) is 20.7. The molecule has 2 aromatic carbocycles. The number of amides is 1. The fourth-order valence-electron chi connectivity index (χ4n) is 5.86. The van der Waals surface area contributed by atoms with E-state index in [0.29, 0.717) is 18.9 Å². The van der Waals surface area contributed by atoms with Crippen LogP contribution in [0.15, 0.2) is 48.5 Å². The first-order chi connectivity index (χ1) is 16.1. The molecule has 2 heterocycles. The van der Waals surface area contributed by atoms with Crippen molar-refractivity contribution in [3.05, 3.63) is 59.7 Å². The van der Waals surface area contributed by atoms with Crippen LogP contribution < -0.4 is 0 Å². The van der Waals surface area contributed by atoms with E-state index in [2.05, 4.69) is 29.2 Å². The Kier molecular flexibility index (Phi) is 4.92. The van der Waals surface area contributed by atoms with E-state index in [0.717, 1.165) is 35.3 Å². The van der Waals surface area contributed by atoms with E-state index in [1.807, 2.05) is 24.3 Å². The lowest BCUT2D eigenvalue weighted by molar-refractivity contribution is -0.145. The summed E-state index contributed by atoms with van der Waals surface area (Å²) in [4.78, 5) is 29.2. The van der Waals surface area contributed by atoms with Gasteiger partial charge < -0.3 is 19.5 Å². The van der Waals surface area contributed by atoms with Crippen LogP contribution in [0.2, 0.25) is 0 Å². The van der Waals surface area contributed by atoms with Crippen molar-refractivity contribution in [2.24, 2.45) is 0 Å². The predicted molar refractivity (Wildman–Crippen MR) is 121 cm³/mol. The Balaban J connectivity index is 1.22. The summed E-state index contributed by atoms with van der Waals surface area (Å²) >= 11 is 0. The largest absolute Gasteiger partial charge is 0.480 e. The molecule has 1 N–H and O–H groups in total. The number of carbonyl (C=O) groups is 2. The lowest BCUT2D eigenvalue weighted by atomic mass is 9.97. The number of aliphatic carboxylic acids is 1. The van der Waals surface area contributed by atoms with Crippen LogP contribution in [0.3, 0.4) is 0 Å². The third-order valence-electron chi connectivity index (χ3n) is 7.72. The number of benzene rings is 2. The van der Waals surface area contributed by atoms with Crippen LogP contribution in [-0.4, -0.2) is 71.1 Å². The molecule has 3 fully saturated rings. The van der Waals surface area contributed by atoms with Crippen molar-refractivity contribution < 1.29 is 24.2 Å². The van der Waals surface area contributed by atoms with Gasteiger partial charge in [0.05, 0.1) is 6.61 Å². The average molecular weight is 449 g/mol. The molecule has 2 aliphatic carbocycles. The van der Waals surface area contributed by atoms with Gasteiger partial charge in [-0.3, -0.25) is 4.90 Å². The van der Waals surface area contributed by atoms with Crippen molar-refractivity contribution in [2.75, 3.05) is 26.3 Å². The zero-order valence-electron chi connectivity index (χ0n) is 18.5. The van der Waals surface area contributed by atoms with Crippen molar-refractivity contribution >= 4 is 12.1 Å². The van der Waals surface area contributed by atoms with E-state index in [9.17, 15) is 14.7 Å². The van der Waals surface area contributed by atoms with Crippen molar-refractivity contribution in [1.82, 2.24) is 9.80 Å². The maximum Gasteiger partial charge on any atom is 0.412 e. The number of hydrogen-bond donors (Lipinski definition) is 1. The third-order valence-corrected chi connectivity index (χ3v) is 7.72. The van der Waals surface area contributed by atoms with Crippen molar-refractivity contribution in [1.29, 1.82) is 0 Å². The topological polar surface area (TPSA) is 79.3 Å². The van der Waals surface area contributed by atoms with E-state index < -0.39 is 23.8 Å². The molecule has 33 heavy (non-hydrogen) atoms. The van der Waals surface area contributed by atoms with Gasteiger partial charge in [0, 0.05) is 37.9 Å². The van der Waals surface area contributed by atoms with E-state index in [1.165, 1.54) is 17.7 Å². The van der Waals surface area contributed by atoms with Gasteiger partial charge in [-0.1, -0.05) is 48.5 Å². The molecule has 172 valence electrons. The first-order valence-corrected chi connectivity index (χ1v) is 11.8. The summed E-state index contributed by atoms with van der Waals surface area (Å²) < 4.78 is 11.9. The molecule has 2 saturated heterocycles. The smallest absolute Gasteiger partial charge is 0.412 e. The molecule has 7 heteroatoms. The second-order valence-electron chi connectivity index (χ2n) is 9.55. The zero-order valence-corrected chi connectivity index (χ0v) is 18.5. The number of hydrogen-bond acceptors (Lipinski definition) is 5. The fourth-order valence-corrected chi connectivity index (χ4v) is 5.86. The van der Waals surface area contributed by atoms with Crippen LogP contribution in [0, 0.1) is 0 Å². The lowest BCUT2D eigenvalue weighted by Gasteiger charge is -2.43. The van der Waals surface area contributed by atoms with Gasteiger partial charge in [0.15, 0.2) is 6.04 Å². The molecule has 1 saturated carbocycles. The molecule has 4 aliphatic rings. The molecule has 0 aromatic heterocycles. The normalized spacial score (nSPS) is 24.0. The quantitative estimate of drug-likeness (QED) is 0.769. The second kappa shape index (κ2) is 7.85. The van der Waals surface area contributed by atoms with Gasteiger partial charge in [-0.2, -0.15) is 0 Å². The summed E-state index contributed by atoms with van der Waals surface area (Å²) in [5, 5.41) is 9.80. The van der Waals surface area contributed by atoms with Gasteiger partial charge in [0.1, 0.15) is 12.3 Å². The lowest BCUT2D eigenvalue weighted by Crippen LogP contribution is -2.58. The highest BCUT2D eigenvalue weighted by atomic mass is 16.6. The van der Waals surface area contributed by atoms with Crippen LogP contribution in [0.1, 0.15) is 42.7 Å². The number of likely N-dealkylation sites (tertiary alicyclic amines) is 1. The van der Waals surface area contributed by atoms with Crippen molar-refractivity contribution in [3.63, 3.8) is 0 Å². The van der Waals surface area contributed by atoms with Gasteiger partial charge in [-0.25, -0.2) is 9.59 Å². The summed E-state index contributed by atoms with van der Waals surface area (Å²) in [6.07, 6.45) is 3.07. The fraction of sp³-hybridized carbons (Fsp3) is 0.462. The summed E-state index contributed by atoms with van der Waals surface area (Å²) in [6, 6.07) is 16.0. The Hall–Kier alpha value is -2.90. The van der Waals surface area contributed by atoms with Gasteiger partial charge in [-0.15, -0.1) is 0 Å². The molecule has 2 aliphatic heterocycles. The molecular weight excluding hydrogens is 420 g/mol. The minimum absolute atomic E-state index is 0.00293. The van der Waals surface area contributed by atoms with E-state index >= 15 is 0 Å². The summed E-state index contributed by atoms with van der Waals surface area (Å²) in [5.74, 6) is -1.12. The number of carboxylic acid groups (broad SMARTS) is 1. The van der Waals surface area contributed by atoms with Crippen LogP contribution in [0.5, 0.6) is 0 Å². The zero-order chi connectivity index (χ0) is 22.6. The predicted octanol–water partition coefficient (Wildman–Crippen LogP) is 3.68. The van der Waals surface area contributed by atoms with Gasteiger partial charge in [-0.05, 0) is 35.1 Å². The van der Waals surface area contributed by atoms with E-state index in [1.54, 1.807) is 0 Å². The van der Waals surface area contributed by atoms with Crippen LogP contribution in [0.4, 0.5) is 4.79 Å². The molecule has 1 spiro atoms. The minimum atomic E-state index is -1.05. The Morgan fingerprint density at radius 2 is 1.61 bits per heavy atom. The summed E-state index contributed by atoms with van der Waals surface area (Å²) in [7, 11) is 0. The minimum Gasteiger partial charge on any atom is -0.480 e. The first-order valence-electron chi connectivity index (χ1n) is 11.8. The van der Waals surface area contributed by atoms with Crippen molar-refractivity contribution in [3.8, 4) is 11.1 Å². The second-order valence-corrected chi connectivity index (χ2v) is 9.55. The molecule has 2 aromatic rings. The average Bonchev–Trinajstić information content (AvgIpc) is 3.54. The van der Waals surface area contributed by atoms with Crippen LogP contribution in [-0.2, 0) is 14.3 Å². The monoisotopic (exact) mass is 448 g/mol. The standard InChI is InChI=1S/C26H28N2O5/c29-24(30)23-16-33-26(11-13-27(14-12-26)17-9-10-17)28(23)25(31)32-15-22-20-7-3-1-5-18(20)19-6-2-4-8-21(19)22/h1-8,17,22-23H,9-16H2,(H,29,30). The van der Waals surface area contributed by atoms with Crippen LogP contribution in [0.25, 0.3) is 11.1 Å². The molecule has 1 atom stereocenters. The highest BCUT2D eigenvalue weighted by Gasteiger charge is 2.55. The van der Waals surface area contributed by atoms with E-state index in [4.69, 9.17) is 9.47 Å². The number of ether oxygens (including phenoxy) is 2. The number of carboxylic acids is 1. The maximum absolute atomic E-state index is 13.4. The Morgan fingerprint density at radius 3 is 2.18 bits per heavy atom. The van der Waals surface area contributed by atoms with Crippen LogP contribution >= 0.6 is 0 Å². The number of carbonyl (C=O) groups excluding carboxylic acids is 1. The Labute approximate surface area is 192 Å². The SMILES string of the molecule is O=C(O)C1COC2(CCN(C3CC3)CC2)N1C(=O)OCC1c2ccccc2-c2ccccc21. The molecular formula is C26H28N2O5. The van der Waals surface area contributed by atoms with Gasteiger partial charge >= 0.3 is 12.1 Å². The van der Waals surface area contributed by atoms with Crippen molar-refractivity contribution in [2.45, 2.75) is 49.4 Å². The number of fused-ring (bicyclic) bond motifs is 3. The maximum atomic E-state index is 13.4. The molecule has 7 nitrogen and oxygen atoms in total. The highest BCUT2D eigenvalue weighted by molar-refractivity contribution is 5.82. The third kappa shape index (κ3) is 3.42. The summed E-state index contributed by atoms with van der Waals surface area (Å²) in [6.45, 7) is 1.79. The number of piperidine rings is 1. The molecule has 1 amide bonds.